The first-order valence-electron chi connectivity index (χ1n) is 11.7. The summed E-state index contributed by atoms with van der Waals surface area (Å²) >= 11 is 12.4. The molecular formula is C25H22Cl2N8O5S. The normalized spacial score (nSPS) is 12.2. The number of amides is 2. The minimum atomic E-state index is -3.57. The number of tetrazole rings is 1. The minimum Gasteiger partial charge on any atom is -0.453 e. The molecule has 2 amide bonds. The van der Waals surface area contributed by atoms with Crippen LogP contribution in [0.2, 0.25) is 10.2 Å². The van der Waals surface area contributed by atoms with Gasteiger partial charge in [0.2, 0.25) is 5.91 Å². The van der Waals surface area contributed by atoms with Crippen LogP contribution >= 0.6 is 23.2 Å². The van der Waals surface area contributed by atoms with Gasteiger partial charge in [-0.3, -0.25) is 10.1 Å². The molecule has 13 nitrogen and oxygen atoms in total. The molecule has 2 aromatic heterocycles. The highest BCUT2D eigenvalue weighted by atomic mass is 35.5. The standard InChI is InChI=1S/C25H22Cl2N8O5S/c1-40-25(37)29-18-7-3-15(4-8-18)19-12-20(31-32-24(19)27)21(13-41(2,38)39)30-23(36)10-5-16-11-17(26)6-9-22(16)35-14-28-33-34-35/h3-12,14,21H,13H2,1-2H3,(H,29,37)(H,30,36)/t21-/m0/s1. The average molecular weight is 617 g/mol. The number of rotatable bonds is 9. The Morgan fingerprint density at radius 3 is 2.51 bits per heavy atom. The predicted molar refractivity (Wildman–Crippen MR) is 152 cm³/mol. The number of ether oxygens (including phenoxy) is 1. The van der Waals surface area contributed by atoms with E-state index in [4.69, 9.17) is 23.2 Å². The van der Waals surface area contributed by atoms with Crippen molar-refractivity contribution in [2.24, 2.45) is 0 Å². The number of hydrogen-bond acceptors (Lipinski definition) is 10. The van der Waals surface area contributed by atoms with Crippen molar-refractivity contribution in [1.82, 2.24) is 35.7 Å². The number of methoxy groups -OCH3 is 1. The van der Waals surface area contributed by atoms with Crippen molar-refractivity contribution in [3.8, 4) is 16.8 Å². The summed E-state index contributed by atoms with van der Waals surface area (Å²) < 4.78 is 30.5. The average Bonchev–Trinajstić information content (AvgIpc) is 3.46. The fraction of sp³-hybridized carbons (Fsp3) is 0.160. The number of carbonyl (C=O) groups is 2. The molecule has 0 saturated carbocycles. The highest BCUT2D eigenvalue weighted by molar-refractivity contribution is 7.90. The predicted octanol–water partition coefficient (Wildman–Crippen LogP) is 3.52. The molecule has 4 rings (SSSR count). The van der Waals surface area contributed by atoms with Crippen LogP contribution < -0.4 is 10.6 Å². The van der Waals surface area contributed by atoms with Crippen LogP contribution in [-0.4, -0.2) is 69.9 Å². The van der Waals surface area contributed by atoms with Crippen molar-refractivity contribution in [1.29, 1.82) is 0 Å². The maximum Gasteiger partial charge on any atom is 0.411 e. The van der Waals surface area contributed by atoms with Gasteiger partial charge in [-0.2, -0.15) is 9.78 Å². The van der Waals surface area contributed by atoms with E-state index in [1.165, 1.54) is 30.3 Å². The molecule has 2 N–H and O–H groups in total. The van der Waals surface area contributed by atoms with Gasteiger partial charge < -0.3 is 10.1 Å². The summed E-state index contributed by atoms with van der Waals surface area (Å²) in [6.45, 7) is 0. The van der Waals surface area contributed by atoms with Crippen molar-refractivity contribution < 1.29 is 22.7 Å². The van der Waals surface area contributed by atoms with Gasteiger partial charge in [0.15, 0.2) is 5.15 Å². The highest BCUT2D eigenvalue weighted by Gasteiger charge is 2.23. The van der Waals surface area contributed by atoms with Gasteiger partial charge in [0.25, 0.3) is 0 Å². The smallest absolute Gasteiger partial charge is 0.411 e. The molecular weight excluding hydrogens is 595 g/mol. The van der Waals surface area contributed by atoms with Crippen LogP contribution in [0.5, 0.6) is 0 Å². The van der Waals surface area contributed by atoms with Crippen LogP contribution in [-0.2, 0) is 19.4 Å². The number of aromatic nitrogens is 6. The Bertz CT molecular complexity index is 1700. The largest absolute Gasteiger partial charge is 0.453 e. The Hall–Kier alpha value is -4.40. The fourth-order valence-corrected chi connectivity index (χ4v) is 4.94. The third-order valence-electron chi connectivity index (χ3n) is 5.54. The lowest BCUT2D eigenvalue weighted by atomic mass is 10.1. The second-order valence-electron chi connectivity index (χ2n) is 8.61. The lowest BCUT2D eigenvalue weighted by Gasteiger charge is -2.17. The molecule has 0 unspecified atom stereocenters. The molecule has 0 aliphatic carbocycles. The molecule has 4 aromatic rings. The molecule has 2 heterocycles. The summed E-state index contributed by atoms with van der Waals surface area (Å²) in [7, 11) is -2.32. The van der Waals surface area contributed by atoms with Crippen LogP contribution in [0.15, 0.2) is 60.9 Å². The second kappa shape index (κ2) is 12.8. The quantitative estimate of drug-likeness (QED) is 0.265. The summed E-state index contributed by atoms with van der Waals surface area (Å²) in [5.74, 6) is -1.05. The van der Waals surface area contributed by atoms with Gasteiger partial charge >= 0.3 is 6.09 Å². The van der Waals surface area contributed by atoms with E-state index >= 15 is 0 Å². The Morgan fingerprint density at radius 2 is 1.85 bits per heavy atom. The first-order valence-corrected chi connectivity index (χ1v) is 14.5. The summed E-state index contributed by atoms with van der Waals surface area (Å²) in [4.78, 5) is 24.4. The Labute approximate surface area is 244 Å². The molecule has 41 heavy (non-hydrogen) atoms. The van der Waals surface area contributed by atoms with E-state index < -0.39 is 33.6 Å². The number of nitrogens with zero attached hydrogens (tertiary/aromatic N) is 6. The van der Waals surface area contributed by atoms with E-state index in [1.54, 1.807) is 48.5 Å². The van der Waals surface area contributed by atoms with Crippen molar-refractivity contribution in [3.05, 3.63) is 82.4 Å². The number of carbonyl (C=O) groups excluding carboxylic acids is 2. The lowest BCUT2D eigenvalue weighted by molar-refractivity contribution is -0.117. The van der Waals surface area contributed by atoms with E-state index in [-0.39, 0.29) is 10.8 Å². The molecule has 0 radical (unpaired) electrons. The Balaban J connectivity index is 1.60. The SMILES string of the molecule is COC(=O)Nc1ccc(-c2cc([C@H](CS(C)(=O)=O)NC(=O)C=Cc3cc(Cl)ccc3-n3cnnn3)nnc2Cl)cc1. The van der Waals surface area contributed by atoms with E-state index in [0.717, 1.165) is 6.26 Å². The summed E-state index contributed by atoms with van der Waals surface area (Å²) in [5, 5.41) is 24.8. The Kier molecular flexibility index (Phi) is 9.27. The van der Waals surface area contributed by atoms with Gasteiger partial charge in [-0.05, 0) is 58.5 Å². The number of hydrogen-bond donors (Lipinski definition) is 2. The molecule has 0 aliphatic heterocycles. The van der Waals surface area contributed by atoms with Gasteiger partial charge in [0.05, 0.1) is 30.3 Å². The minimum absolute atomic E-state index is 0.0582. The van der Waals surface area contributed by atoms with Crippen LogP contribution in [0.1, 0.15) is 17.3 Å². The number of sulfone groups is 1. The molecule has 16 heteroatoms. The summed E-state index contributed by atoms with van der Waals surface area (Å²) in [6.07, 6.45) is 4.54. The first-order chi connectivity index (χ1) is 19.5. The van der Waals surface area contributed by atoms with Gasteiger partial charge in [0, 0.05) is 34.2 Å². The number of anilines is 1. The zero-order valence-electron chi connectivity index (χ0n) is 21.5. The lowest BCUT2D eigenvalue weighted by Crippen LogP contribution is -2.32. The number of halogens is 2. The van der Waals surface area contributed by atoms with E-state index in [0.29, 0.717) is 33.1 Å². The van der Waals surface area contributed by atoms with E-state index in [2.05, 4.69) is 41.1 Å². The number of benzene rings is 2. The van der Waals surface area contributed by atoms with Crippen LogP contribution in [0, 0.1) is 0 Å². The maximum absolute atomic E-state index is 12.9. The maximum atomic E-state index is 12.9. The Morgan fingerprint density at radius 1 is 1.10 bits per heavy atom. The zero-order chi connectivity index (χ0) is 29.6. The van der Waals surface area contributed by atoms with Gasteiger partial charge in [-0.25, -0.2) is 13.2 Å². The zero-order valence-corrected chi connectivity index (χ0v) is 23.9. The van der Waals surface area contributed by atoms with E-state index in [1.807, 2.05) is 0 Å². The molecule has 0 spiro atoms. The van der Waals surface area contributed by atoms with Crippen molar-refractivity contribution in [2.75, 3.05) is 24.4 Å². The summed E-state index contributed by atoms with van der Waals surface area (Å²) in [5.41, 5.74) is 2.81. The third-order valence-corrected chi connectivity index (χ3v) is 6.99. The van der Waals surface area contributed by atoms with Crippen LogP contribution in [0.3, 0.4) is 0 Å². The van der Waals surface area contributed by atoms with Crippen molar-refractivity contribution >= 4 is 56.8 Å². The van der Waals surface area contributed by atoms with Crippen molar-refractivity contribution in [2.45, 2.75) is 6.04 Å². The fourth-order valence-electron chi connectivity index (χ4n) is 3.69. The van der Waals surface area contributed by atoms with Crippen LogP contribution in [0.25, 0.3) is 22.9 Å². The van der Waals surface area contributed by atoms with Crippen molar-refractivity contribution in [3.63, 3.8) is 0 Å². The monoisotopic (exact) mass is 616 g/mol. The molecule has 212 valence electrons. The van der Waals surface area contributed by atoms with Gasteiger partial charge in [0.1, 0.15) is 16.2 Å². The summed E-state index contributed by atoms with van der Waals surface area (Å²) in [6, 6.07) is 12.1. The second-order valence-corrected chi connectivity index (χ2v) is 11.6. The van der Waals surface area contributed by atoms with Gasteiger partial charge in [-0.15, -0.1) is 10.2 Å². The first kappa shape index (κ1) is 29.6. The molecule has 0 saturated heterocycles. The van der Waals surface area contributed by atoms with Gasteiger partial charge in [-0.1, -0.05) is 35.3 Å². The topological polar surface area (TPSA) is 171 Å². The van der Waals surface area contributed by atoms with Crippen LogP contribution in [0.4, 0.5) is 10.5 Å². The van der Waals surface area contributed by atoms with E-state index in [9.17, 15) is 18.0 Å². The molecule has 1 atom stereocenters. The molecule has 0 fully saturated rings. The molecule has 2 aromatic carbocycles. The highest BCUT2D eigenvalue weighted by Crippen LogP contribution is 2.29. The third kappa shape index (κ3) is 8.06. The number of nitrogens with one attached hydrogen (secondary N) is 2. The molecule has 0 aliphatic rings. The molecule has 0 bridgehead atoms.